The van der Waals surface area contributed by atoms with E-state index in [0.717, 1.165) is 12.1 Å². The van der Waals surface area contributed by atoms with E-state index >= 15 is 0 Å². The van der Waals surface area contributed by atoms with Crippen LogP contribution in [0.3, 0.4) is 0 Å². The molecule has 4 nitrogen and oxygen atoms in total. The van der Waals surface area contributed by atoms with Crippen molar-refractivity contribution in [2.24, 2.45) is 0 Å². The Morgan fingerprint density at radius 3 is 2.59 bits per heavy atom. The first-order valence-electron chi connectivity index (χ1n) is 5.86. The summed E-state index contributed by atoms with van der Waals surface area (Å²) >= 11 is 0. The molecule has 0 amide bonds. The molecule has 1 aliphatic rings. The molecule has 5 heteroatoms. The van der Waals surface area contributed by atoms with Gasteiger partial charge in [-0.3, -0.25) is 0 Å². The van der Waals surface area contributed by atoms with Gasteiger partial charge in [0.05, 0.1) is 5.75 Å². The molecule has 0 unspecified atom stereocenters. The zero-order valence-corrected chi connectivity index (χ0v) is 10.8. The van der Waals surface area contributed by atoms with Crippen LogP contribution in [-0.2, 0) is 10.0 Å². The number of nitrogens with one attached hydrogen (secondary N) is 1. The summed E-state index contributed by atoms with van der Waals surface area (Å²) in [6.07, 6.45) is 0.757. The second-order valence-electron chi connectivity index (χ2n) is 4.36. The predicted octanol–water partition coefficient (Wildman–Crippen LogP) is 1.44. The van der Waals surface area contributed by atoms with E-state index in [-0.39, 0.29) is 0 Å². The number of hydrogen-bond acceptors (Lipinski definition) is 3. The summed E-state index contributed by atoms with van der Waals surface area (Å²) < 4.78 is 24.7. The average Bonchev–Trinajstić information content (AvgIpc) is 2.61. The topological polar surface area (TPSA) is 49.4 Å². The van der Waals surface area contributed by atoms with Crippen LogP contribution in [0.5, 0.6) is 0 Å². The van der Waals surface area contributed by atoms with Gasteiger partial charge in [0.1, 0.15) is 0 Å². The lowest BCUT2D eigenvalue weighted by Crippen LogP contribution is -2.30. The highest BCUT2D eigenvalue weighted by Gasteiger charge is 2.27. The Kier molecular flexibility index (Phi) is 3.69. The van der Waals surface area contributed by atoms with Crippen LogP contribution < -0.4 is 5.32 Å². The van der Waals surface area contributed by atoms with Crippen molar-refractivity contribution in [3.05, 3.63) is 29.8 Å². The molecule has 1 saturated heterocycles. The molecule has 0 saturated carbocycles. The Bertz CT molecular complexity index is 468. The van der Waals surface area contributed by atoms with Crippen LogP contribution in [0.15, 0.2) is 24.3 Å². The number of anilines is 1. The zero-order chi connectivity index (χ0) is 12.3. The highest BCUT2D eigenvalue weighted by atomic mass is 32.2. The summed E-state index contributed by atoms with van der Waals surface area (Å²) in [6.45, 7) is 3.91. The normalized spacial score (nSPS) is 19.4. The summed E-state index contributed by atoms with van der Waals surface area (Å²) in [5, 5.41) is 3.23. The number of aryl methyl sites for hydroxylation is 1. The van der Waals surface area contributed by atoms with Crippen molar-refractivity contribution >= 4 is 15.7 Å². The van der Waals surface area contributed by atoms with E-state index in [1.807, 2.05) is 31.2 Å². The first-order valence-corrected chi connectivity index (χ1v) is 7.47. The maximum absolute atomic E-state index is 11.5. The molecule has 1 N–H and O–H groups in total. The van der Waals surface area contributed by atoms with E-state index in [4.69, 9.17) is 0 Å². The molecular weight excluding hydrogens is 236 g/mol. The third-order valence-electron chi connectivity index (χ3n) is 2.95. The number of nitrogens with zero attached hydrogens (tertiary/aromatic N) is 1. The largest absolute Gasteiger partial charge is 0.384 e. The smallest absolute Gasteiger partial charge is 0.214 e. The van der Waals surface area contributed by atoms with Crippen LogP contribution in [0.25, 0.3) is 0 Å². The summed E-state index contributed by atoms with van der Waals surface area (Å²) in [4.78, 5) is 0. The van der Waals surface area contributed by atoms with Crippen molar-refractivity contribution in [2.75, 3.05) is 30.7 Å². The van der Waals surface area contributed by atoms with Crippen LogP contribution in [0, 0.1) is 6.92 Å². The molecule has 1 aromatic rings. The molecule has 0 atom stereocenters. The van der Waals surface area contributed by atoms with Gasteiger partial charge in [0.25, 0.3) is 0 Å². The van der Waals surface area contributed by atoms with Crippen molar-refractivity contribution in [3.63, 3.8) is 0 Å². The van der Waals surface area contributed by atoms with E-state index in [1.165, 1.54) is 5.56 Å². The average molecular weight is 254 g/mol. The molecule has 1 aromatic carbocycles. The fourth-order valence-electron chi connectivity index (χ4n) is 1.94. The van der Waals surface area contributed by atoms with Crippen molar-refractivity contribution < 1.29 is 8.42 Å². The maximum Gasteiger partial charge on any atom is 0.214 e. The van der Waals surface area contributed by atoms with Crippen LogP contribution in [0.2, 0.25) is 0 Å². The Morgan fingerprint density at radius 2 is 2.00 bits per heavy atom. The third-order valence-corrected chi connectivity index (χ3v) is 4.90. The van der Waals surface area contributed by atoms with Gasteiger partial charge in [0.15, 0.2) is 0 Å². The summed E-state index contributed by atoms with van der Waals surface area (Å²) in [6, 6.07) is 8.09. The molecule has 1 aliphatic heterocycles. The van der Waals surface area contributed by atoms with Crippen molar-refractivity contribution in [1.29, 1.82) is 0 Å². The van der Waals surface area contributed by atoms with E-state index in [0.29, 0.717) is 25.4 Å². The fourth-order valence-corrected chi connectivity index (χ4v) is 3.47. The first kappa shape index (κ1) is 12.4. The molecule has 0 spiro atoms. The van der Waals surface area contributed by atoms with Gasteiger partial charge in [-0.2, -0.15) is 0 Å². The molecule has 94 valence electrons. The Balaban J connectivity index is 1.82. The number of sulfonamides is 1. The molecule has 1 fully saturated rings. The molecule has 17 heavy (non-hydrogen) atoms. The fraction of sp³-hybridized carbons (Fsp3) is 0.500. The lowest BCUT2D eigenvalue weighted by Gasteiger charge is -2.15. The minimum absolute atomic E-state index is 0.303. The van der Waals surface area contributed by atoms with Gasteiger partial charge in [-0.05, 0) is 25.5 Å². The summed E-state index contributed by atoms with van der Waals surface area (Å²) in [7, 11) is -2.95. The van der Waals surface area contributed by atoms with Gasteiger partial charge in [0.2, 0.25) is 10.0 Å². The summed E-state index contributed by atoms with van der Waals surface area (Å²) in [5.74, 6) is 0.303. The highest BCUT2D eigenvalue weighted by molar-refractivity contribution is 7.89. The molecule has 1 heterocycles. The second-order valence-corrected chi connectivity index (χ2v) is 6.45. The maximum atomic E-state index is 11.5. The Morgan fingerprint density at radius 1 is 1.29 bits per heavy atom. The third kappa shape index (κ3) is 3.20. The van der Waals surface area contributed by atoms with Crippen molar-refractivity contribution in [3.8, 4) is 0 Å². The minimum Gasteiger partial charge on any atom is -0.384 e. The standard InChI is InChI=1S/C12H18N2O2S/c1-11-3-5-12(6-4-11)13-7-9-14-8-2-10-17(14,15)16/h3-6,13H,2,7-10H2,1H3. The van der Waals surface area contributed by atoms with Crippen molar-refractivity contribution in [2.45, 2.75) is 13.3 Å². The SMILES string of the molecule is Cc1ccc(NCCN2CCCS2(=O)=O)cc1. The zero-order valence-electron chi connectivity index (χ0n) is 10.0. The van der Waals surface area contributed by atoms with E-state index in [9.17, 15) is 8.42 Å². The van der Waals surface area contributed by atoms with E-state index in [1.54, 1.807) is 4.31 Å². The Labute approximate surface area is 103 Å². The highest BCUT2D eigenvalue weighted by Crippen LogP contribution is 2.13. The van der Waals surface area contributed by atoms with E-state index in [2.05, 4.69) is 5.32 Å². The van der Waals surface area contributed by atoms with Gasteiger partial charge in [-0.1, -0.05) is 17.7 Å². The van der Waals surface area contributed by atoms with Gasteiger partial charge >= 0.3 is 0 Å². The molecule has 0 aliphatic carbocycles. The number of rotatable bonds is 4. The van der Waals surface area contributed by atoms with Crippen molar-refractivity contribution in [1.82, 2.24) is 4.31 Å². The molecule has 2 rings (SSSR count). The van der Waals surface area contributed by atoms with E-state index < -0.39 is 10.0 Å². The lowest BCUT2D eigenvalue weighted by molar-refractivity contribution is 0.456. The summed E-state index contributed by atoms with van der Waals surface area (Å²) in [5.41, 5.74) is 2.25. The number of hydrogen-bond donors (Lipinski definition) is 1. The van der Waals surface area contributed by atoms with Crippen LogP contribution in [0.4, 0.5) is 5.69 Å². The molecule has 0 bridgehead atoms. The minimum atomic E-state index is -2.95. The Hall–Kier alpha value is -1.07. The number of benzene rings is 1. The van der Waals surface area contributed by atoms with Gasteiger partial charge in [-0.15, -0.1) is 0 Å². The van der Waals surface area contributed by atoms with Gasteiger partial charge < -0.3 is 5.32 Å². The van der Waals surface area contributed by atoms with Crippen LogP contribution in [0.1, 0.15) is 12.0 Å². The van der Waals surface area contributed by atoms with Gasteiger partial charge in [-0.25, -0.2) is 12.7 Å². The predicted molar refractivity (Wildman–Crippen MR) is 69.6 cm³/mol. The van der Waals surface area contributed by atoms with Gasteiger partial charge in [0, 0.05) is 25.3 Å². The second kappa shape index (κ2) is 5.06. The van der Waals surface area contributed by atoms with Crippen LogP contribution in [-0.4, -0.2) is 38.1 Å². The molecule has 0 aromatic heterocycles. The quantitative estimate of drug-likeness (QED) is 0.884. The first-order chi connectivity index (χ1) is 8.08. The monoisotopic (exact) mass is 254 g/mol. The van der Waals surface area contributed by atoms with Crippen LogP contribution >= 0.6 is 0 Å². The molecule has 0 radical (unpaired) electrons. The lowest BCUT2D eigenvalue weighted by atomic mass is 10.2. The molecular formula is C12H18N2O2S.